The van der Waals surface area contributed by atoms with Crippen LogP contribution in [0.25, 0.3) is 0 Å². The van der Waals surface area contributed by atoms with Crippen LogP contribution in [0.4, 0.5) is 0 Å². The molecule has 1 N–H and O–H groups in total. The zero-order valence-corrected chi connectivity index (χ0v) is 16.0. The molecule has 0 bridgehead atoms. The molecule has 1 aliphatic heterocycles. The predicted octanol–water partition coefficient (Wildman–Crippen LogP) is 2.36. The number of hydrogen-bond acceptors (Lipinski definition) is 5. The second-order valence-electron chi connectivity index (χ2n) is 7.52. The number of β-amino-alcohol motifs (C(OH)–C–C–N with tert-alkyl or cyclic N) is 1. The standard InChI is InChI=1S/C18H31N3O3S/c1-2-3-10-21-15(13-20-11-9-16(22)14-20)12-19-18(21)25(23,24)17-7-5-4-6-8-17/h12,16-17,22H,2-11,13-14H2,1H3/t16-/m0/s1. The van der Waals surface area contributed by atoms with Crippen molar-refractivity contribution in [2.45, 2.75) is 87.9 Å². The summed E-state index contributed by atoms with van der Waals surface area (Å²) in [6.45, 7) is 4.98. The maximum absolute atomic E-state index is 13.1. The van der Waals surface area contributed by atoms with Gasteiger partial charge in [0.05, 0.1) is 23.2 Å². The molecule has 25 heavy (non-hydrogen) atoms. The monoisotopic (exact) mass is 369 g/mol. The third-order valence-electron chi connectivity index (χ3n) is 5.52. The lowest BCUT2D eigenvalue weighted by molar-refractivity contribution is 0.174. The number of likely N-dealkylation sites (tertiary alicyclic amines) is 1. The fourth-order valence-corrected chi connectivity index (χ4v) is 5.98. The molecule has 1 saturated heterocycles. The van der Waals surface area contributed by atoms with Crippen LogP contribution < -0.4 is 0 Å². The molecule has 1 saturated carbocycles. The Hall–Kier alpha value is -0.920. The van der Waals surface area contributed by atoms with E-state index in [-0.39, 0.29) is 16.5 Å². The van der Waals surface area contributed by atoms with E-state index >= 15 is 0 Å². The molecule has 7 heteroatoms. The molecule has 1 atom stereocenters. The largest absolute Gasteiger partial charge is 0.392 e. The van der Waals surface area contributed by atoms with Crippen LogP contribution in [0, 0.1) is 0 Å². The molecular formula is C18H31N3O3S. The topological polar surface area (TPSA) is 75.4 Å². The van der Waals surface area contributed by atoms with E-state index < -0.39 is 9.84 Å². The molecule has 1 aromatic heterocycles. The van der Waals surface area contributed by atoms with Crippen molar-refractivity contribution in [3.63, 3.8) is 0 Å². The van der Waals surface area contributed by atoms with Gasteiger partial charge in [-0.2, -0.15) is 0 Å². The number of hydrogen-bond donors (Lipinski definition) is 1. The van der Waals surface area contributed by atoms with E-state index in [1.807, 2.05) is 4.57 Å². The highest BCUT2D eigenvalue weighted by Gasteiger charge is 2.33. The summed E-state index contributed by atoms with van der Waals surface area (Å²) in [7, 11) is -3.36. The Morgan fingerprint density at radius 1 is 1.24 bits per heavy atom. The summed E-state index contributed by atoms with van der Waals surface area (Å²) in [5, 5.41) is 9.73. The van der Waals surface area contributed by atoms with Gasteiger partial charge in [-0.25, -0.2) is 13.4 Å². The van der Waals surface area contributed by atoms with Crippen LogP contribution in [0.15, 0.2) is 11.4 Å². The van der Waals surface area contributed by atoms with Gasteiger partial charge in [-0.15, -0.1) is 0 Å². The van der Waals surface area contributed by atoms with E-state index in [9.17, 15) is 13.5 Å². The van der Waals surface area contributed by atoms with Crippen molar-refractivity contribution in [3.8, 4) is 0 Å². The van der Waals surface area contributed by atoms with Crippen molar-refractivity contribution < 1.29 is 13.5 Å². The number of imidazole rings is 1. The minimum Gasteiger partial charge on any atom is -0.392 e. The lowest BCUT2D eigenvalue weighted by Crippen LogP contribution is -2.28. The second kappa shape index (κ2) is 8.18. The molecule has 0 spiro atoms. The van der Waals surface area contributed by atoms with E-state index in [0.717, 1.165) is 63.6 Å². The van der Waals surface area contributed by atoms with Crippen LogP contribution in [0.5, 0.6) is 0 Å². The highest BCUT2D eigenvalue weighted by molar-refractivity contribution is 7.91. The second-order valence-corrected chi connectivity index (χ2v) is 9.64. The van der Waals surface area contributed by atoms with Crippen LogP contribution in [-0.4, -0.2) is 52.4 Å². The molecule has 0 amide bonds. The minimum atomic E-state index is -3.36. The summed E-state index contributed by atoms with van der Waals surface area (Å²) in [5.41, 5.74) is 0.955. The molecule has 1 aliphatic carbocycles. The molecule has 142 valence electrons. The Balaban J connectivity index is 1.85. The molecular weight excluding hydrogens is 338 g/mol. The fraction of sp³-hybridized carbons (Fsp3) is 0.833. The molecule has 2 heterocycles. The zero-order chi connectivity index (χ0) is 17.9. The van der Waals surface area contributed by atoms with Gasteiger partial charge >= 0.3 is 0 Å². The number of sulfone groups is 1. The van der Waals surface area contributed by atoms with Crippen LogP contribution in [-0.2, 0) is 22.9 Å². The van der Waals surface area contributed by atoms with E-state index in [2.05, 4.69) is 16.8 Å². The van der Waals surface area contributed by atoms with Gasteiger partial charge in [0.1, 0.15) is 0 Å². The Morgan fingerprint density at radius 3 is 2.64 bits per heavy atom. The molecule has 0 radical (unpaired) electrons. The van der Waals surface area contributed by atoms with Crippen molar-refractivity contribution in [3.05, 3.63) is 11.9 Å². The summed E-state index contributed by atoms with van der Waals surface area (Å²) in [6.07, 6.45) is 8.87. The van der Waals surface area contributed by atoms with Gasteiger partial charge in [0, 0.05) is 26.2 Å². The first kappa shape index (κ1) is 18.9. The molecule has 3 rings (SSSR count). The van der Waals surface area contributed by atoms with Crippen molar-refractivity contribution >= 4 is 9.84 Å². The Bertz CT molecular complexity index is 665. The predicted molar refractivity (Wildman–Crippen MR) is 97.1 cm³/mol. The van der Waals surface area contributed by atoms with Gasteiger partial charge in [0.2, 0.25) is 15.0 Å². The summed E-state index contributed by atoms with van der Waals surface area (Å²) < 4.78 is 28.2. The molecule has 2 fully saturated rings. The Labute approximate surface area is 151 Å². The lowest BCUT2D eigenvalue weighted by atomic mass is 10.0. The average Bonchev–Trinajstić information content (AvgIpc) is 3.20. The smallest absolute Gasteiger partial charge is 0.228 e. The SMILES string of the molecule is CCCCn1c(CN2CC[C@H](O)C2)cnc1S(=O)(=O)C1CCCCC1. The Morgan fingerprint density at radius 2 is 2.00 bits per heavy atom. The highest BCUT2D eigenvalue weighted by atomic mass is 32.2. The number of aliphatic hydroxyl groups excluding tert-OH is 1. The normalized spacial score (nSPS) is 23.4. The van der Waals surface area contributed by atoms with E-state index in [1.165, 1.54) is 0 Å². The quantitative estimate of drug-likeness (QED) is 0.798. The summed E-state index contributed by atoms with van der Waals surface area (Å²) in [6, 6.07) is 0. The molecule has 1 aromatic rings. The van der Waals surface area contributed by atoms with Crippen LogP contribution >= 0.6 is 0 Å². The van der Waals surface area contributed by atoms with Crippen molar-refractivity contribution in [2.75, 3.05) is 13.1 Å². The summed E-state index contributed by atoms with van der Waals surface area (Å²) >= 11 is 0. The first-order valence-electron chi connectivity index (χ1n) is 9.71. The van der Waals surface area contributed by atoms with Crippen molar-refractivity contribution in [2.24, 2.45) is 0 Å². The molecule has 0 unspecified atom stereocenters. The molecule has 2 aliphatic rings. The first-order valence-corrected chi connectivity index (χ1v) is 11.3. The average molecular weight is 370 g/mol. The number of nitrogens with zero attached hydrogens (tertiary/aromatic N) is 3. The summed E-state index contributed by atoms with van der Waals surface area (Å²) in [5.74, 6) is 0. The third-order valence-corrected chi connectivity index (χ3v) is 7.70. The van der Waals surface area contributed by atoms with E-state index in [0.29, 0.717) is 19.6 Å². The van der Waals surface area contributed by atoms with Crippen LogP contribution in [0.3, 0.4) is 0 Å². The van der Waals surface area contributed by atoms with Gasteiger partial charge in [-0.1, -0.05) is 32.6 Å². The third kappa shape index (κ3) is 4.26. The number of unbranched alkanes of at least 4 members (excludes halogenated alkanes) is 1. The first-order chi connectivity index (χ1) is 12.0. The number of aliphatic hydroxyl groups is 1. The fourth-order valence-electron chi connectivity index (χ4n) is 4.01. The number of aromatic nitrogens is 2. The van der Waals surface area contributed by atoms with Gasteiger partial charge in [0.15, 0.2) is 0 Å². The Kier molecular flexibility index (Phi) is 6.17. The molecule has 6 nitrogen and oxygen atoms in total. The van der Waals surface area contributed by atoms with Gasteiger partial charge < -0.3 is 9.67 Å². The van der Waals surface area contributed by atoms with Crippen molar-refractivity contribution in [1.29, 1.82) is 0 Å². The zero-order valence-electron chi connectivity index (χ0n) is 15.2. The number of rotatable bonds is 7. The summed E-state index contributed by atoms with van der Waals surface area (Å²) in [4.78, 5) is 6.54. The maximum Gasteiger partial charge on any atom is 0.228 e. The molecule has 0 aromatic carbocycles. The van der Waals surface area contributed by atoms with Gasteiger partial charge in [-0.05, 0) is 25.7 Å². The van der Waals surface area contributed by atoms with Gasteiger partial charge in [-0.3, -0.25) is 4.90 Å². The van der Waals surface area contributed by atoms with Crippen LogP contribution in [0.2, 0.25) is 0 Å². The minimum absolute atomic E-state index is 0.266. The van der Waals surface area contributed by atoms with Crippen molar-refractivity contribution in [1.82, 2.24) is 14.5 Å². The highest BCUT2D eigenvalue weighted by Crippen LogP contribution is 2.29. The lowest BCUT2D eigenvalue weighted by Gasteiger charge is -2.23. The van der Waals surface area contributed by atoms with Crippen LogP contribution in [0.1, 0.15) is 64.0 Å². The van der Waals surface area contributed by atoms with E-state index in [1.54, 1.807) is 6.20 Å². The van der Waals surface area contributed by atoms with Gasteiger partial charge in [0.25, 0.3) is 0 Å². The maximum atomic E-state index is 13.1. The van der Waals surface area contributed by atoms with E-state index in [4.69, 9.17) is 0 Å².